The van der Waals surface area contributed by atoms with Crippen molar-refractivity contribution in [3.05, 3.63) is 18.1 Å². The first-order chi connectivity index (χ1) is 9.72. The van der Waals surface area contributed by atoms with Gasteiger partial charge in [-0.2, -0.15) is 0 Å². The van der Waals surface area contributed by atoms with Gasteiger partial charge in [0.15, 0.2) is 0 Å². The number of rotatable bonds is 4. The van der Waals surface area contributed by atoms with Crippen LogP contribution in [0.3, 0.4) is 0 Å². The molecule has 1 aliphatic heterocycles. The number of nitrogens with zero attached hydrogens (tertiary/aromatic N) is 4. The summed E-state index contributed by atoms with van der Waals surface area (Å²) < 4.78 is 0. The normalized spacial score (nSPS) is 30.2. The number of aromatic nitrogens is 2. The maximum absolute atomic E-state index is 4.54. The highest BCUT2D eigenvalue weighted by molar-refractivity contribution is 5.42. The van der Waals surface area contributed by atoms with Crippen LogP contribution in [0.15, 0.2) is 12.4 Å². The molecule has 2 heterocycles. The minimum absolute atomic E-state index is 0.682. The average Bonchev–Trinajstić information content (AvgIpc) is 3.35. The van der Waals surface area contributed by atoms with Crippen molar-refractivity contribution in [2.75, 3.05) is 32.1 Å². The van der Waals surface area contributed by atoms with Crippen LogP contribution in [0.4, 0.5) is 5.82 Å². The Morgan fingerprint density at radius 1 is 1.10 bits per heavy atom. The lowest BCUT2D eigenvalue weighted by atomic mass is 9.97. The quantitative estimate of drug-likeness (QED) is 0.840. The van der Waals surface area contributed by atoms with Gasteiger partial charge in [0.2, 0.25) is 0 Å². The summed E-state index contributed by atoms with van der Waals surface area (Å²) in [6.45, 7) is 2.30. The first-order valence-corrected chi connectivity index (χ1v) is 7.95. The third-order valence-electron chi connectivity index (χ3n) is 5.22. The molecule has 4 rings (SSSR count). The molecule has 0 unspecified atom stereocenters. The van der Waals surface area contributed by atoms with E-state index in [1.165, 1.54) is 37.9 Å². The van der Waals surface area contributed by atoms with Crippen molar-refractivity contribution in [3.63, 3.8) is 0 Å². The molecule has 2 saturated carbocycles. The first-order valence-electron chi connectivity index (χ1n) is 7.95. The molecule has 20 heavy (non-hydrogen) atoms. The Bertz CT molecular complexity index is 483. The van der Waals surface area contributed by atoms with E-state index in [2.05, 4.69) is 39.9 Å². The zero-order chi connectivity index (χ0) is 13.7. The van der Waals surface area contributed by atoms with Gasteiger partial charge in [-0.05, 0) is 51.6 Å². The first kappa shape index (κ1) is 12.6. The van der Waals surface area contributed by atoms with Crippen molar-refractivity contribution in [1.29, 1.82) is 0 Å². The van der Waals surface area contributed by atoms with Crippen LogP contribution in [0.25, 0.3) is 0 Å². The van der Waals surface area contributed by atoms with Crippen molar-refractivity contribution in [1.82, 2.24) is 14.9 Å². The van der Waals surface area contributed by atoms with Gasteiger partial charge in [0.25, 0.3) is 0 Å². The molecule has 0 aromatic carbocycles. The highest BCUT2D eigenvalue weighted by Crippen LogP contribution is 2.44. The fraction of sp³-hybridized carbons (Fsp3) is 0.750. The van der Waals surface area contributed by atoms with E-state index in [1.807, 2.05) is 0 Å². The largest absolute Gasteiger partial charge is 0.355 e. The number of anilines is 1. The maximum atomic E-state index is 4.54. The number of hydrogen-bond donors (Lipinski definition) is 0. The predicted octanol–water partition coefficient (Wildman–Crippen LogP) is 2.13. The Morgan fingerprint density at radius 2 is 1.90 bits per heavy atom. The average molecular weight is 272 g/mol. The Labute approximate surface area is 121 Å². The van der Waals surface area contributed by atoms with Crippen molar-refractivity contribution < 1.29 is 0 Å². The number of likely N-dealkylation sites (N-methyl/N-ethyl adjacent to an activating group) is 1. The van der Waals surface area contributed by atoms with Gasteiger partial charge >= 0.3 is 0 Å². The topological polar surface area (TPSA) is 32.3 Å². The molecule has 2 atom stereocenters. The molecule has 108 valence electrons. The van der Waals surface area contributed by atoms with Crippen LogP contribution in [0.2, 0.25) is 0 Å². The summed E-state index contributed by atoms with van der Waals surface area (Å²) in [5.41, 5.74) is 1.26. The molecule has 3 aliphatic rings. The van der Waals surface area contributed by atoms with Gasteiger partial charge in [0, 0.05) is 36.8 Å². The summed E-state index contributed by atoms with van der Waals surface area (Å²) in [7, 11) is 4.44. The van der Waals surface area contributed by atoms with Crippen LogP contribution in [-0.4, -0.2) is 48.1 Å². The highest BCUT2D eigenvalue weighted by Gasteiger charge is 2.43. The zero-order valence-corrected chi connectivity index (χ0v) is 12.5. The smallest absolute Gasteiger partial charge is 0.132 e. The van der Waals surface area contributed by atoms with Crippen LogP contribution in [-0.2, 0) is 0 Å². The van der Waals surface area contributed by atoms with Gasteiger partial charge in [0.1, 0.15) is 12.1 Å². The molecule has 1 saturated heterocycles. The lowest BCUT2D eigenvalue weighted by molar-refractivity contribution is 0.238. The van der Waals surface area contributed by atoms with Crippen LogP contribution in [0.1, 0.15) is 37.3 Å². The molecule has 0 spiro atoms. The van der Waals surface area contributed by atoms with Gasteiger partial charge in [-0.15, -0.1) is 0 Å². The van der Waals surface area contributed by atoms with Crippen molar-refractivity contribution in [2.45, 2.75) is 37.6 Å². The fourth-order valence-corrected chi connectivity index (χ4v) is 3.67. The second-order valence-electron chi connectivity index (χ2n) is 7.01. The van der Waals surface area contributed by atoms with Gasteiger partial charge in [-0.25, -0.2) is 9.97 Å². The molecule has 1 aromatic rings. The second-order valence-corrected chi connectivity index (χ2v) is 7.01. The minimum Gasteiger partial charge on any atom is -0.355 e. The second kappa shape index (κ2) is 4.69. The van der Waals surface area contributed by atoms with E-state index in [9.17, 15) is 0 Å². The van der Waals surface area contributed by atoms with Gasteiger partial charge < -0.3 is 9.80 Å². The molecule has 2 aliphatic carbocycles. The molecular weight excluding hydrogens is 248 g/mol. The molecule has 4 nitrogen and oxygen atoms in total. The summed E-state index contributed by atoms with van der Waals surface area (Å²) in [5.74, 6) is 3.64. The third-order valence-corrected chi connectivity index (χ3v) is 5.22. The molecule has 0 radical (unpaired) electrons. The van der Waals surface area contributed by atoms with Crippen molar-refractivity contribution in [2.24, 2.45) is 11.8 Å². The molecule has 1 aromatic heterocycles. The maximum Gasteiger partial charge on any atom is 0.132 e. The molecule has 0 N–H and O–H groups in total. The Balaban J connectivity index is 1.54. The standard InChI is InChI=1S/C16H24N4/c1-19(2)15-9-20(8-13(15)11-3-4-11)16-7-14(12-5-6-12)17-10-18-16/h7,10-13,15H,3-6,8-9H2,1-2H3/t13-,15+/m1/s1. The van der Waals surface area contributed by atoms with E-state index in [0.717, 1.165) is 24.2 Å². The van der Waals surface area contributed by atoms with Crippen LogP contribution in [0.5, 0.6) is 0 Å². The van der Waals surface area contributed by atoms with E-state index in [4.69, 9.17) is 0 Å². The van der Waals surface area contributed by atoms with E-state index >= 15 is 0 Å². The van der Waals surface area contributed by atoms with Crippen molar-refractivity contribution >= 4 is 5.82 Å². The summed E-state index contributed by atoms with van der Waals surface area (Å²) in [5, 5.41) is 0. The van der Waals surface area contributed by atoms with E-state index in [0.29, 0.717) is 12.0 Å². The fourth-order valence-electron chi connectivity index (χ4n) is 3.67. The van der Waals surface area contributed by atoms with E-state index < -0.39 is 0 Å². The van der Waals surface area contributed by atoms with Crippen molar-refractivity contribution in [3.8, 4) is 0 Å². The summed E-state index contributed by atoms with van der Waals surface area (Å²) in [4.78, 5) is 13.9. The van der Waals surface area contributed by atoms with Gasteiger partial charge in [0.05, 0.1) is 0 Å². The molecular formula is C16H24N4. The molecule has 4 heteroatoms. The van der Waals surface area contributed by atoms with Crippen LogP contribution >= 0.6 is 0 Å². The van der Waals surface area contributed by atoms with Gasteiger partial charge in [-0.3, -0.25) is 0 Å². The predicted molar refractivity (Wildman–Crippen MR) is 79.9 cm³/mol. The third kappa shape index (κ3) is 2.30. The molecule has 0 amide bonds. The Morgan fingerprint density at radius 3 is 2.55 bits per heavy atom. The van der Waals surface area contributed by atoms with Crippen LogP contribution in [0, 0.1) is 11.8 Å². The Kier molecular flexibility index (Phi) is 2.95. The van der Waals surface area contributed by atoms with E-state index in [-0.39, 0.29) is 0 Å². The summed E-state index contributed by atoms with van der Waals surface area (Å²) in [6.07, 6.45) is 7.24. The molecule has 3 fully saturated rings. The zero-order valence-electron chi connectivity index (χ0n) is 12.5. The summed E-state index contributed by atoms with van der Waals surface area (Å²) >= 11 is 0. The van der Waals surface area contributed by atoms with Gasteiger partial charge in [-0.1, -0.05) is 0 Å². The Hall–Kier alpha value is -1.16. The molecule has 0 bridgehead atoms. The van der Waals surface area contributed by atoms with E-state index in [1.54, 1.807) is 6.33 Å². The monoisotopic (exact) mass is 272 g/mol. The lowest BCUT2D eigenvalue weighted by Gasteiger charge is -2.24. The lowest BCUT2D eigenvalue weighted by Crippen LogP contribution is -2.36. The highest BCUT2D eigenvalue weighted by atomic mass is 15.3. The minimum atomic E-state index is 0.682. The SMILES string of the molecule is CN(C)[C@H]1CN(c2cc(C3CC3)ncn2)C[C@@H]1C1CC1. The summed E-state index contributed by atoms with van der Waals surface area (Å²) in [6, 6.07) is 2.92. The van der Waals surface area contributed by atoms with Crippen LogP contribution < -0.4 is 4.90 Å². The number of hydrogen-bond acceptors (Lipinski definition) is 4.